The number of hydrogen-bond donors (Lipinski definition) is 1. The van der Waals surface area contributed by atoms with Crippen LogP contribution in [0.3, 0.4) is 0 Å². The van der Waals surface area contributed by atoms with E-state index in [-0.39, 0.29) is 24.0 Å². The van der Waals surface area contributed by atoms with Crippen LogP contribution < -0.4 is 5.32 Å². The van der Waals surface area contributed by atoms with Gasteiger partial charge in [-0.2, -0.15) is 0 Å². The fraction of sp³-hybridized carbons (Fsp3) is 0.304. The normalized spacial score (nSPS) is 14.4. The van der Waals surface area contributed by atoms with Gasteiger partial charge in [-0.3, -0.25) is 24.6 Å². The molecule has 1 N–H and O–H groups in total. The minimum Gasteiger partial charge on any atom is -0.335 e. The number of hydrogen-bond acceptors (Lipinski definition) is 6. The van der Waals surface area contributed by atoms with Crippen LogP contribution in [0.1, 0.15) is 22.2 Å². The number of nitro groups is 1. The molecule has 1 saturated heterocycles. The number of para-hydroxylation sites is 1. The van der Waals surface area contributed by atoms with Gasteiger partial charge >= 0.3 is 0 Å². The first-order chi connectivity index (χ1) is 15.9. The van der Waals surface area contributed by atoms with E-state index in [9.17, 15) is 19.7 Å². The Hall–Kier alpha value is -3.01. The maximum Gasteiger partial charge on any atom is 0.270 e. The highest BCUT2D eigenvalue weighted by atomic mass is 35.5. The van der Waals surface area contributed by atoms with Crippen LogP contribution >= 0.6 is 22.9 Å². The second-order valence-electron chi connectivity index (χ2n) is 7.81. The molecule has 4 rings (SSSR count). The van der Waals surface area contributed by atoms with E-state index in [1.807, 2.05) is 36.1 Å². The molecule has 1 aromatic heterocycles. The standard InChI is InChI=1S/C23H23ClN4O4S/c1-2-15-5-3-4-6-18(15)25-20(29)14-26-9-11-27(12-10-26)23(30)22-21(24)17-8-7-16(28(31)32)13-19(17)33-22/h3-8,13H,2,9-12,14H2,1H3,(H,25,29). The van der Waals surface area contributed by atoms with Gasteiger partial charge in [0, 0.05) is 54.1 Å². The summed E-state index contributed by atoms with van der Waals surface area (Å²) in [4.78, 5) is 40.3. The smallest absolute Gasteiger partial charge is 0.270 e. The van der Waals surface area contributed by atoms with E-state index in [0.717, 1.165) is 17.7 Å². The molecule has 172 valence electrons. The van der Waals surface area contributed by atoms with Crippen LogP contribution in [0, 0.1) is 10.1 Å². The van der Waals surface area contributed by atoms with E-state index in [1.54, 1.807) is 11.0 Å². The number of carbonyl (C=O) groups excluding carboxylic acids is 2. The summed E-state index contributed by atoms with van der Waals surface area (Å²) in [5, 5.41) is 15.0. The zero-order valence-electron chi connectivity index (χ0n) is 18.0. The fourth-order valence-corrected chi connectivity index (χ4v) is 5.41. The van der Waals surface area contributed by atoms with Gasteiger partial charge in [0.05, 0.1) is 16.5 Å². The molecule has 0 atom stereocenters. The Morgan fingerprint density at radius 1 is 1.15 bits per heavy atom. The van der Waals surface area contributed by atoms with Gasteiger partial charge in [0.1, 0.15) is 4.88 Å². The summed E-state index contributed by atoms with van der Waals surface area (Å²) in [5.74, 6) is -0.269. The number of anilines is 1. The number of non-ortho nitro benzene ring substituents is 1. The van der Waals surface area contributed by atoms with Crippen LogP contribution in [0.25, 0.3) is 10.1 Å². The van der Waals surface area contributed by atoms with E-state index in [1.165, 1.54) is 23.5 Å². The highest BCUT2D eigenvalue weighted by Gasteiger charge is 2.27. The topological polar surface area (TPSA) is 95.8 Å². The van der Waals surface area contributed by atoms with Crippen molar-refractivity contribution in [1.82, 2.24) is 9.80 Å². The van der Waals surface area contributed by atoms with Gasteiger partial charge in [-0.1, -0.05) is 36.7 Å². The van der Waals surface area contributed by atoms with Gasteiger partial charge in [0.25, 0.3) is 11.6 Å². The lowest BCUT2D eigenvalue weighted by molar-refractivity contribution is -0.384. The molecule has 0 bridgehead atoms. The monoisotopic (exact) mass is 486 g/mol. The molecule has 2 aromatic carbocycles. The summed E-state index contributed by atoms with van der Waals surface area (Å²) in [6, 6.07) is 12.2. The Kier molecular flexibility index (Phi) is 6.92. The number of nitro benzene ring substituents is 1. The molecule has 10 heteroatoms. The highest BCUT2D eigenvalue weighted by Crippen LogP contribution is 2.38. The van der Waals surface area contributed by atoms with Gasteiger partial charge < -0.3 is 10.2 Å². The molecule has 0 unspecified atom stereocenters. The number of fused-ring (bicyclic) bond motifs is 1. The van der Waals surface area contributed by atoms with E-state index in [4.69, 9.17) is 11.6 Å². The van der Waals surface area contributed by atoms with E-state index in [0.29, 0.717) is 46.2 Å². The molecule has 2 amide bonds. The maximum atomic E-state index is 13.1. The van der Waals surface area contributed by atoms with Crippen molar-refractivity contribution in [1.29, 1.82) is 0 Å². The molecule has 1 aliphatic rings. The highest BCUT2D eigenvalue weighted by molar-refractivity contribution is 7.21. The fourth-order valence-electron chi connectivity index (χ4n) is 3.90. The summed E-state index contributed by atoms with van der Waals surface area (Å²) in [6.07, 6.45) is 0.838. The Bertz CT molecular complexity index is 1220. The third kappa shape index (κ3) is 5.00. The Morgan fingerprint density at radius 3 is 2.58 bits per heavy atom. The molecular formula is C23H23ClN4O4S. The number of benzene rings is 2. The van der Waals surface area contributed by atoms with Crippen molar-refractivity contribution < 1.29 is 14.5 Å². The van der Waals surface area contributed by atoms with Gasteiger partial charge in [-0.25, -0.2) is 0 Å². The van der Waals surface area contributed by atoms with Crippen LogP contribution in [-0.2, 0) is 11.2 Å². The number of piperazine rings is 1. The minimum absolute atomic E-state index is 0.0344. The van der Waals surface area contributed by atoms with Crippen molar-refractivity contribution in [3.8, 4) is 0 Å². The number of halogens is 1. The first kappa shape index (κ1) is 23.2. The van der Waals surface area contributed by atoms with Crippen LogP contribution in [-0.4, -0.2) is 59.3 Å². The zero-order valence-corrected chi connectivity index (χ0v) is 19.6. The van der Waals surface area contributed by atoms with Crippen molar-refractivity contribution >= 4 is 56.2 Å². The second-order valence-corrected chi connectivity index (χ2v) is 9.24. The van der Waals surface area contributed by atoms with Crippen LogP contribution in [0.2, 0.25) is 5.02 Å². The van der Waals surface area contributed by atoms with Crippen molar-refractivity contribution in [2.75, 3.05) is 38.0 Å². The van der Waals surface area contributed by atoms with E-state index in [2.05, 4.69) is 5.32 Å². The first-order valence-electron chi connectivity index (χ1n) is 10.6. The number of aryl methyl sites for hydroxylation is 1. The minimum atomic E-state index is -0.467. The molecule has 1 aliphatic heterocycles. The SMILES string of the molecule is CCc1ccccc1NC(=O)CN1CCN(C(=O)c2sc3cc([N+](=O)[O-])ccc3c2Cl)CC1. The number of nitrogens with one attached hydrogen (secondary N) is 1. The molecule has 33 heavy (non-hydrogen) atoms. The van der Waals surface area contributed by atoms with Crippen molar-refractivity contribution in [2.24, 2.45) is 0 Å². The lowest BCUT2D eigenvalue weighted by atomic mass is 10.1. The number of thiophene rings is 1. The van der Waals surface area contributed by atoms with Crippen LogP contribution in [0.15, 0.2) is 42.5 Å². The molecule has 2 heterocycles. The summed E-state index contributed by atoms with van der Waals surface area (Å²) in [5.41, 5.74) is 1.89. The largest absolute Gasteiger partial charge is 0.335 e. The lowest BCUT2D eigenvalue weighted by Crippen LogP contribution is -2.50. The number of nitrogens with zero attached hydrogens (tertiary/aromatic N) is 3. The lowest BCUT2D eigenvalue weighted by Gasteiger charge is -2.34. The number of carbonyl (C=O) groups is 2. The van der Waals surface area contributed by atoms with Crippen molar-refractivity contribution in [3.63, 3.8) is 0 Å². The zero-order chi connectivity index (χ0) is 23.5. The predicted molar refractivity (Wildman–Crippen MR) is 130 cm³/mol. The summed E-state index contributed by atoms with van der Waals surface area (Å²) >= 11 is 7.60. The Morgan fingerprint density at radius 2 is 1.88 bits per heavy atom. The predicted octanol–water partition coefficient (Wildman–Crippen LogP) is 4.42. The average Bonchev–Trinajstić information content (AvgIpc) is 3.15. The van der Waals surface area contributed by atoms with Gasteiger partial charge in [-0.15, -0.1) is 11.3 Å². The third-order valence-corrected chi connectivity index (χ3v) is 7.36. The number of amides is 2. The van der Waals surface area contributed by atoms with Crippen LogP contribution in [0.5, 0.6) is 0 Å². The molecule has 8 nitrogen and oxygen atoms in total. The Labute approximate surface area is 199 Å². The Balaban J connectivity index is 1.37. The maximum absolute atomic E-state index is 13.1. The first-order valence-corrected chi connectivity index (χ1v) is 11.8. The van der Waals surface area contributed by atoms with Gasteiger partial charge in [0.2, 0.25) is 5.91 Å². The van der Waals surface area contributed by atoms with Gasteiger partial charge in [0.15, 0.2) is 0 Å². The molecule has 0 saturated carbocycles. The van der Waals surface area contributed by atoms with Crippen LogP contribution in [0.4, 0.5) is 11.4 Å². The van der Waals surface area contributed by atoms with Gasteiger partial charge in [-0.05, 0) is 24.1 Å². The van der Waals surface area contributed by atoms with E-state index >= 15 is 0 Å². The number of rotatable bonds is 6. The van der Waals surface area contributed by atoms with E-state index < -0.39 is 4.92 Å². The third-order valence-electron chi connectivity index (χ3n) is 5.72. The van der Waals surface area contributed by atoms with Crippen molar-refractivity contribution in [3.05, 3.63) is 68.0 Å². The molecule has 3 aromatic rings. The quantitative estimate of drug-likeness (QED) is 0.411. The molecular weight excluding hydrogens is 464 g/mol. The van der Waals surface area contributed by atoms with Crippen molar-refractivity contribution in [2.45, 2.75) is 13.3 Å². The summed E-state index contributed by atoms with van der Waals surface area (Å²) in [7, 11) is 0. The molecule has 0 aliphatic carbocycles. The average molecular weight is 487 g/mol. The summed E-state index contributed by atoms with van der Waals surface area (Å²) in [6.45, 7) is 4.40. The molecule has 0 spiro atoms. The molecule has 0 radical (unpaired) electrons. The summed E-state index contributed by atoms with van der Waals surface area (Å²) < 4.78 is 0.611. The molecule has 1 fully saturated rings. The second kappa shape index (κ2) is 9.86.